The highest BCUT2D eigenvalue weighted by Gasteiger charge is 2.24. The Morgan fingerprint density at radius 1 is 0.966 bits per heavy atom. The van der Waals surface area contributed by atoms with Gasteiger partial charge in [-0.15, -0.1) is 0 Å². The fourth-order valence-electron chi connectivity index (χ4n) is 2.94. The maximum absolute atomic E-state index is 13.1. The van der Waals surface area contributed by atoms with Crippen LogP contribution in [0.3, 0.4) is 0 Å². The zero-order valence-electron chi connectivity index (χ0n) is 17.0. The third-order valence-corrected chi connectivity index (χ3v) is 6.59. The molecule has 29 heavy (non-hydrogen) atoms. The molecule has 0 aromatic heterocycles. The number of hydrogen-bond acceptors (Lipinski definition) is 6. The Labute approximate surface area is 173 Å². The number of hydrogen-bond donors (Lipinski definition) is 2. The summed E-state index contributed by atoms with van der Waals surface area (Å²) in [6.45, 7) is 2.75. The van der Waals surface area contributed by atoms with Crippen LogP contribution in [-0.4, -0.2) is 57.2 Å². The third kappa shape index (κ3) is 5.96. The molecule has 9 heteroatoms. The Kier molecular flexibility index (Phi) is 8.52. The van der Waals surface area contributed by atoms with Gasteiger partial charge in [0.05, 0.1) is 19.1 Å². The first-order valence-electron chi connectivity index (χ1n) is 9.50. The molecule has 0 atom stereocenters. The summed E-state index contributed by atoms with van der Waals surface area (Å²) in [5.74, 6) is 1.23. The summed E-state index contributed by atoms with van der Waals surface area (Å²) in [5.41, 5.74) is 1.19. The van der Waals surface area contributed by atoms with E-state index in [9.17, 15) is 18.5 Å². The fraction of sp³-hybridized carbons (Fsp3) is 0.400. The van der Waals surface area contributed by atoms with Gasteiger partial charge in [0.1, 0.15) is 0 Å². The van der Waals surface area contributed by atoms with E-state index in [0.717, 1.165) is 18.4 Å². The van der Waals surface area contributed by atoms with Gasteiger partial charge in [-0.1, -0.05) is 31.5 Å². The van der Waals surface area contributed by atoms with Crippen molar-refractivity contribution in [3.63, 3.8) is 0 Å². The lowest BCUT2D eigenvalue weighted by molar-refractivity contribution is 0.354. The number of ether oxygens (including phenoxy) is 2. The van der Waals surface area contributed by atoms with Crippen molar-refractivity contribution in [3.8, 4) is 11.5 Å². The van der Waals surface area contributed by atoms with Gasteiger partial charge in [0, 0.05) is 13.1 Å². The molecule has 0 amide bonds. The molecule has 0 unspecified atom stereocenters. The molecule has 0 bridgehead atoms. The van der Waals surface area contributed by atoms with Crippen LogP contribution >= 0.6 is 0 Å². The average Bonchev–Trinajstić information content (AvgIpc) is 2.73. The van der Waals surface area contributed by atoms with E-state index in [-0.39, 0.29) is 10.4 Å². The standard InChI is InChI=1S/C20H28BNO6S/c1-4-5-13-22(14-12-16-6-11-19(27-2)20(15-16)28-3)29(25,26)18-9-7-17(8-10-18)21(23)24/h6-11,15,23-24H,4-5,12-14H2,1-3H3. The molecule has 2 aromatic rings. The molecule has 0 radical (unpaired) electrons. The van der Waals surface area contributed by atoms with E-state index in [4.69, 9.17) is 9.47 Å². The molecule has 0 aliphatic heterocycles. The number of nitrogens with zero attached hydrogens (tertiary/aromatic N) is 1. The van der Waals surface area contributed by atoms with Crippen molar-refractivity contribution < 1.29 is 27.9 Å². The molecule has 0 heterocycles. The Morgan fingerprint density at radius 2 is 1.62 bits per heavy atom. The van der Waals surface area contributed by atoms with Gasteiger partial charge in [-0.2, -0.15) is 4.31 Å². The molecule has 2 N–H and O–H groups in total. The molecule has 2 rings (SSSR count). The second kappa shape index (κ2) is 10.6. The van der Waals surface area contributed by atoms with Crippen molar-refractivity contribution in [1.82, 2.24) is 4.31 Å². The predicted molar refractivity (Wildman–Crippen MR) is 113 cm³/mol. The van der Waals surface area contributed by atoms with Crippen molar-refractivity contribution in [2.75, 3.05) is 27.3 Å². The monoisotopic (exact) mass is 421 g/mol. The van der Waals surface area contributed by atoms with Crippen LogP contribution in [0.2, 0.25) is 0 Å². The minimum atomic E-state index is -3.70. The highest BCUT2D eigenvalue weighted by atomic mass is 32.2. The molecule has 0 aliphatic carbocycles. The highest BCUT2D eigenvalue weighted by Crippen LogP contribution is 2.28. The molecular weight excluding hydrogens is 393 g/mol. The van der Waals surface area contributed by atoms with Gasteiger partial charge >= 0.3 is 7.12 Å². The molecule has 7 nitrogen and oxygen atoms in total. The van der Waals surface area contributed by atoms with E-state index < -0.39 is 17.1 Å². The zero-order chi connectivity index (χ0) is 21.4. The number of sulfonamides is 1. The van der Waals surface area contributed by atoms with Crippen LogP contribution in [0.1, 0.15) is 25.3 Å². The van der Waals surface area contributed by atoms with Crippen LogP contribution in [0.25, 0.3) is 0 Å². The lowest BCUT2D eigenvalue weighted by Crippen LogP contribution is -2.34. The molecule has 0 spiro atoms. The van der Waals surface area contributed by atoms with Crippen molar-refractivity contribution >= 4 is 22.6 Å². The SMILES string of the molecule is CCCCN(CCc1ccc(OC)c(OC)c1)S(=O)(=O)c1ccc(B(O)O)cc1. The van der Waals surface area contributed by atoms with Crippen LogP contribution in [0.5, 0.6) is 11.5 Å². The van der Waals surface area contributed by atoms with E-state index >= 15 is 0 Å². The van der Waals surface area contributed by atoms with Crippen LogP contribution in [0.4, 0.5) is 0 Å². The zero-order valence-corrected chi connectivity index (χ0v) is 17.9. The minimum Gasteiger partial charge on any atom is -0.493 e. The molecule has 158 valence electrons. The lowest BCUT2D eigenvalue weighted by Gasteiger charge is -2.22. The Morgan fingerprint density at radius 3 is 2.17 bits per heavy atom. The van der Waals surface area contributed by atoms with Gasteiger partial charge in [-0.05, 0) is 48.1 Å². The van der Waals surface area contributed by atoms with Crippen LogP contribution in [0.15, 0.2) is 47.4 Å². The number of rotatable bonds is 11. The summed E-state index contributed by atoms with van der Waals surface area (Å²) in [6, 6.07) is 11.2. The summed E-state index contributed by atoms with van der Waals surface area (Å²) in [6.07, 6.45) is 2.15. The molecular formula is C20H28BNO6S. The van der Waals surface area contributed by atoms with Gasteiger partial charge in [-0.25, -0.2) is 8.42 Å². The minimum absolute atomic E-state index is 0.130. The molecule has 0 saturated heterocycles. The lowest BCUT2D eigenvalue weighted by atomic mass is 9.81. The van der Waals surface area contributed by atoms with E-state index in [0.29, 0.717) is 31.0 Å². The second-order valence-corrected chi connectivity index (χ2v) is 8.58. The van der Waals surface area contributed by atoms with Gasteiger partial charge in [-0.3, -0.25) is 0 Å². The third-order valence-electron chi connectivity index (χ3n) is 4.67. The summed E-state index contributed by atoms with van der Waals surface area (Å²) in [5, 5.41) is 18.4. The topological polar surface area (TPSA) is 96.3 Å². The van der Waals surface area contributed by atoms with E-state index in [1.165, 1.54) is 28.6 Å². The van der Waals surface area contributed by atoms with Gasteiger partial charge in [0.25, 0.3) is 0 Å². The summed E-state index contributed by atoms with van der Waals surface area (Å²) in [4.78, 5) is 0.130. The Hall–Kier alpha value is -2.07. The molecule has 2 aromatic carbocycles. The number of methoxy groups -OCH3 is 2. The Balaban J connectivity index is 2.21. The predicted octanol–water partition coefficient (Wildman–Crippen LogP) is 1.42. The quantitative estimate of drug-likeness (QED) is 0.533. The fourth-order valence-corrected chi connectivity index (χ4v) is 4.42. The van der Waals surface area contributed by atoms with Gasteiger partial charge in [0.15, 0.2) is 11.5 Å². The second-order valence-electron chi connectivity index (χ2n) is 6.64. The van der Waals surface area contributed by atoms with E-state index in [1.54, 1.807) is 20.3 Å². The highest BCUT2D eigenvalue weighted by molar-refractivity contribution is 7.89. The first-order valence-corrected chi connectivity index (χ1v) is 10.9. The maximum Gasteiger partial charge on any atom is 0.488 e. The maximum atomic E-state index is 13.1. The molecule has 0 saturated carbocycles. The Bertz CT molecular complexity index is 886. The van der Waals surface area contributed by atoms with Gasteiger partial charge in [0.2, 0.25) is 10.0 Å². The van der Waals surface area contributed by atoms with Crippen LogP contribution in [-0.2, 0) is 16.4 Å². The first kappa shape index (κ1) is 23.2. The van der Waals surface area contributed by atoms with Gasteiger partial charge < -0.3 is 19.5 Å². The number of benzene rings is 2. The van der Waals surface area contributed by atoms with Crippen molar-refractivity contribution in [2.24, 2.45) is 0 Å². The first-order chi connectivity index (χ1) is 13.8. The largest absolute Gasteiger partial charge is 0.493 e. The van der Waals surface area contributed by atoms with Crippen molar-refractivity contribution in [1.29, 1.82) is 0 Å². The number of unbranched alkanes of at least 4 members (excludes halogenated alkanes) is 1. The van der Waals surface area contributed by atoms with Crippen LogP contribution in [0, 0.1) is 0 Å². The summed E-state index contributed by atoms with van der Waals surface area (Å²) in [7, 11) is -2.20. The normalized spacial score (nSPS) is 11.5. The molecule has 0 aliphatic rings. The van der Waals surface area contributed by atoms with Crippen LogP contribution < -0.4 is 14.9 Å². The van der Waals surface area contributed by atoms with E-state index in [2.05, 4.69) is 0 Å². The van der Waals surface area contributed by atoms with Crippen molar-refractivity contribution in [2.45, 2.75) is 31.1 Å². The smallest absolute Gasteiger partial charge is 0.488 e. The van der Waals surface area contributed by atoms with E-state index in [1.807, 2.05) is 19.1 Å². The molecule has 0 fully saturated rings. The summed E-state index contributed by atoms with van der Waals surface area (Å²) < 4.78 is 38.3. The average molecular weight is 421 g/mol. The van der Waals surface area contributed by atoms with Crippen molar-refractivity contribution in [3.05, 3.63) is 48.0 Å². The summed E-state index contributed by atoms with van der Waals surface area (Å²) >= 11 is 0.